The summed E-state index contributed by atoms with van der Waals surface area (Å²) < 4.78 is 5.50. The molecule has 3 amide bonds. The molecule has 232 valence electrons. The van der Waals surface area contributed by atoms with Crippen LogP contribution in [0.15, 0.2) is 119 Å². The van der Waals surface area contributed by atoms with Gasteiger partial charge in [0, 0.05) is 27.1 Å². The van der Waals surface area contributed by atoms with Gasteiger partial charge in [-0.3, -0.25) is 14.4 Å². The van der Waals surface area contributed by atoms with Crippen LogP contribution >= 0.6 is 23.1 Å². The minimum Gasteiger partial charge on any atom is -0.494 e. The second kappa shape index (κ2) is 15.7. The smallest absolute Gasteiger partial charge is 0.272 e. The van der Waals surface area contributed by atoms with Crippen molar-refractivity contribution in [2.24, 2.45) is 0 Å². The van der Waals surface area contributed by atoms with Crippen LogP contribution in [-0.2, 0) is 9.59 Å². The molecule has 3 N–H and O–H groups in total. The van der Waals surface area contributed by atoms with Crippen molar-refractivity contribution in [3.63, 3.8) is 0 Å². The third-order valence-corrected chi connectivity index (χ3v) is 8.38. The molecule has 0 spiro atoms. The van der Waals surface area contributed by atoms with Crippen LogP contribution < -0.4 is 20.7 Å². The number of aromatic nitrogens is 1. The first kappa shape index (κ1) is 32.2. The number of nitrogens with one attached hydrogen (secondary N) is 3. The molecule has 5 rings (SSSR count). The highest BCUT2D eigenvalue weighted by Crippen LogP contribution is 2.26. The van der Waals surface area contributed by atoms with Gasteiger partial charge in [-0.2, -0.15) is 0 Å². The number of benzene rings is 4. The molecule has 5 aromatic rings. The predicted octanol–water partition coefficient (Wildman–Crippen LogP) is 7.66. The van der Waals surface area contributed by atoms with Gasteiger partial charge in [0.15, 0.2) is 5.13 Å². The summed E-state index contributed by atoms with van der Waals surface area (Å²) in [6.45, 7) is 4.48. The van der Waals surface area contributed by atoms with E-state index in [2.05, 4.69) is 20.9 Å². The number of carbonyl (C=O) groups excluding carboxylic acids is 3. The summed E-state index contributed by atoms with van der Waals surface area (Å²) >= 11 is 2.76. The van der Waals surface area contributed by atoms with E-state index in [4.69, 9.17) is 4.74 Å². The van der Waals surface area contributed by atoms with Crippen molar-refractivity contribution in [2.75, 3.05) is 23.0 Å². The number of aryl methyl sites for hydroxylation is 1. The summed E-state index contributed by atoms with van der Waals surface area (Å²) in [6, 6.07) is 31.2. The fourth-order valence-electron chi connectivity index (χ4n) is 4.26. The fraction of sp³-hybridized carbons (Fsp3) is 0.111. The molecule has 1 heterocycles. The van der Waals surface area contributed by atoms with E-state index >= 15 is 0 Å². The molecule has 0 saturated carbocycles. The zero-order valence-electron chi connectivity index (χ0n) is 25.3. The highest BCUT2D eigenvalue weighted by atomic mass is 32.2. The number of carbonyl (C=O) groups is 3. The first-order chi connectivity index (χ1) is 22.4. The molecule has 0 fully saturated rings. The van der Waals surface area contributed by atoms with Crippen LogP contribution in [0.1, 0.15) is 28.4 Å². The lowest BCUT2D eigenvalue weighted by Gasteiger charge is -2.12. The monoisotopic (exact) mass is 648 g/mol. The summed E-state index contributed by atoms with van der Waals surface area (Å²) in [4.78, 5) is 44.2. The minimum atomic E-state index is -0.480. The number of hydrogen-bond donors (Lipinski definition) is 3. The van der Waals surface area contributed by atoms with Crippen molar-refractivity contribution in [1.82, 2.24) is 10.3 Å². The molecule has 0 radical (unpaired) electrons. The average Bonchev–Trinajstić information content (AvgIpc) is 3.54. The molecule has 0 aliphatic carbocycles. The van der Waals surface area contributed by atoms with E-state index < -0.39 is 11.8 Å². The van der Waals surface area contributed by atoms with Gasteiger partial charge in [-0.15, -0.1) is 23.1 Å². The number of nitrogens with zero attached hydrogens (tertiary/aromatic N) is 1. The summed E-state index contributed by atoms with van der Waals surface area (Å²) in [5.41, 5.74) is 4.77. The van der Waals surface area contributed by atoms with Gasteiger partial charge < -0.3 is 20.7 Å². The number of hydrogen-bond acceptors (Lipinski definition) is 7. The van der Waals surface area contributed by atoms with E-state index in [1.54, 1.807) is 54.6 Å². The van der Waals surface area contributed by atoms with Crippen LogP contribution in [0, 0.1) is 6.92 Å². The maximum atomic E-state index is 13.4. The van der Waals surface area contributed by atoms with E-state index in [1.165, 1.54) is 28.7 Å². The minimum absolute atomic E-state index is 0.0841. The maximum absolute atomic E-state index is 13.4. The van der Waals surface area contributed by atoms with Gasteiger partial charge in [-0.25, -0.2) is 4.98 Å². The first-order valence-electron chi connectivity index (χ1n) is 14.5. The van der Waals surface area contributed by atoms with E-state index in [9.17, 15) is 14.4 Å². The molecular weight excluding hydrogens is 617 g/mol. The second-order valence-electron chi connectivity index (χ2n) is 10.1. The average molecular weight is 649 g/mol. The molecule has 0 saturated heterocycles. The van der Waals surface area contributed by atoms with Crippen LogP contribution in [0.4, 0.5) is 10.8 Å². The Hall–Kier alpha value is -5.19. The Morgan fingerprint density at radius 2 is 1.59 bits per heavy atom. The van der Waals surface area contributed by atoms with Crippen molar-refractivity contribution < 1.29 is 19.1 Å². The standard InChI is InChI=1S/C36H32N4O4S2/c1-3-44-29-17-11-25(12-18-29)21-31(38-34(42)27-7-5-4-6-8-27)35(43)37-28-15-19-30(20-16-28)45-23-33(41)40-36-39-32(22-46-36)26-13-9-24(2)10-14-26/h4-22H,3,23H2,1-2H3,(H,37,43)(H,38,42)(H,39,40,41)/b31-21-. The molecule has 8 nitrogen and oxygen atoms in total. The second-order valence-corrected chi connectivity index (χ2v) is 12.0. The SMILES string of the molecule is CCOc1ccc(/C=C(\NC(=O)c2ccccc2)C(=O)Nc2ccc(SCC(=O)Nc3nc(-c4ccc(C)cc4)cs3)cc2)cc1. The van der Waals surface area contributed by atoms with Gasteiger partial charge >= 0.3 is 0 Å². The Morgan fingerprint density at radius 1 is 0.870 bits per heavy atom. The van der Waals surface area contributed by atoms with Gasteiger partial charge in [0.25, 0.3) is 11.8 Å². The Balaban J connectivity index is 1.19. The molecule has 0 bridgehead atoms. The summed E-state index contributed by atoms with van der Waals surface area (Å²) in [6.07, 6.45) is 1.61. The Kier molecular flexibility index (Phi) is 11.0. The molecular formula is C36H32N4O4S2. The first-order valence-corrected chi connectivity index (χ1v) is 16.4. The molecule has 1 aromatic heterocycles. The lowest BCUT2D eigenvalue weighted by atomic mass is 10.1. The van der Waals surface area contributed by atoms with E-state index in [0.29, 0.717) is 28.7 Å². The highest BCUT2D eigenvalue weighted by Gasteiger charge is 2.16. The summed E-state index contributed by atoms with van der Waals surface area (Å²) in [5, 5.41) is 10.9. The van der Waals surface area contributed by atoms with E-state index in [0.717, 1.165) is 21.7 Å². The van der Waals surface area contributed by atoms with Crippen LogP contribution in [0.2, 0.25) is 0 Å². The van der Waals surface area contributed by atoms with E-state index in [1.807, 2.05) is 73.8 Å². The van der Waals surface area contributed by atoms with Crippen molar-refractivity contribution in [2.45, 2.75) is 18.7 Å². The molecule has 0 aliphatic heterocycles. The summed E-state index contributed by atoms with van der Waals surface area (Å²) in [7, 11) is 0. The van der Waals surface area contributed by atoms with Crippen molar-refractivity contribution in [1.29, 1.82) is 0 Å². The number of ether oxygens (including phenoxy) is 1. The van der Waals surface area contributed by atoms with Gasteiger partial charge in [-0.05, 0) is 74.0 Å². The molecule has 0 atom stereocenters. The zero-order chi connectivity index (χ0) is 32.3. The molecule has 0 aliphatic rings. The largest absolute Gasteiger partial charge is 0.494 e. The van der Waals surface area contributed by atoms with Gasteiger partial charge in [0.2, 0.25) is 5.91 Å². The number of anilines is 2. The molecule has 4 aromatic carbocycles. The van der Waals surface area contributed by atoms with Crippen molar-refractivity contribution in [3.8, 4) is 17.0 Å². The Labute approximate surface area is 275 Å². The van der Waals surface area contributed by atoms with Crippen LogP contribution in [0.3, 0.4) is 0 Å². The maximum Gasteiger partial charge on any atom is 0.272 e. The normalized spacial score (nSPS) is 11.0. The van der Waals surface area contributed by atoms with Crippen molar-refractivity contribution >= 4 is 57.7 Å². The highest BCUT2D eigenvalue weighted by molar-refractivity contribution is 8.00. The van der Waals surface area contributed by atoms with Gasteiger partial charge in [-0.1, -0.05) is 60.2 Å². The van der Waals surface area contributed by atoms with Crippen LogP contribution in [0.25, 0.3) is 17.3 Å². The van der Waals surface area contributed by atoms with Crippen LogP contribution in [-0.4, -0.2) is 35.1 Å². The molecule has 10 heteroatoms. The third kappa shape index (κ3) is 9.16. The molecule has 0 unspecified atom stereocenters. The third-order valence-electron chi connectivity index (χ3n) is 6.61. The van der Waals surface area contributed by atoms with Gasteiger partial charge in [0.1, 0.15) is 11.4 Å². The molecule has 46 heavy (non-hydrogen) atoms. The predicted molar refractivity (Wildman–Crippen MR) is 186 cm³/mol. The lowest BCUT2D eigenvalue weighted by molar-refractivity contribution is -0.114. The van der Waals surface area contributed by atoms with Gasteiger partial charge in [0.05, 0.1) is 18.1 Å². The summed E-state index contributed by atoms with van der Waals surface area (Å²) in [5.74, 6) is -0.130. The topological polar surface area (TPSA) is 109 Å². The van der Waals surface area contributed by atoms with E-state index in [-0.39, 0.29) is 17.4 Å². The Bertz CT molecular complexity index is 1820. The Morgan fingerprint density at radius 3 is 2.28 bits per heavy atom. The fourth-order valence-corrected chi connectivity index (χ4v) is 5.70. The van der Waals surface area contributed by atoms with Crippen molar-refractivity contribution in [3.05, 3.63) is 131 Å². The number of thioether (sulfide) groups is 1. The zero-order valence-corrected chi connectivity index (χ0v) is 26.9. The van der Waals surface area contributed by atoms with Crippen LogP contribution in [0.5, 0.6) is 5.75 Å². The quantitative estimate of drug-likeness (QED) is 0.0947. The number of rotatable bonds is 12. The number of amides is 3. The lowest BCUT2D eigenvalue weighted by Crippen LogP contribution is -2.30. The number of thiazole rings is 1.